The summed E-state index contributed by atoms with van der Waals surface area (Å²) in [4.78, 5) is 40.2. The second-order valence-corrected chi connectivity index (χ2v) is 8.16. The summed E-state index contributed by atoms with van der Waals surface area (Å²) in [6.07, 6.45) is -4.63. The Morgan fingerprint density at radius 2 is 1.87 bits per heavy atom. The van der Waals surface area contributed by atoms with E-state index in [1.54, 1.807) is 18.2 Å². The van der Waals surface area contributed by atoms with Crippen molar-refractivity contribution in [1.82, 2.24) is 9.66 Å². The lowest BCUT2D eigenvalue weighted by Crippen LogP contribution is -2.25. The molecule has 0 radical (unpaired) electrons. The van der Waals surface area contributed by atoms with E-state index in [4.69, 9.17) is 4.74 Å². The van der Waals surface area contributed by atoms with Crippen molar-refractivity contribution in [2.75, 3.05) is 7.11 Å². The Kier molecular flexibility index (Phi) is 7.42. The van der Waals surface area contributed by atoms with Crippen LogP contribution < -0.4 is 10.3 Å². The van der Waals surface area contributed by atoms with Gasteiger partial charge in [-0.15, -0.1) is 0 Å². The van der Waals surface area contributed by atoms with Crippen LogP contribution in [0.15, 0.2) is 76.6 Å². The molecule has 0 fully saturated rings. The number of esters is 1. The minimum Gasteiger partial charge on any atom is -0.472 e. The van der Waals surface area contributed by atoms with E-state index in [0.29, 0.717) is 0 Å². The molecule has 0 N–H and O–H groups in total. The molecule has 39 heavy (non-hydrogen) atoms. The van der Waals surface area contributed by atoms with Crippen LogP contribution in [0.2, 0.25) is 0 Å². The molecule has 0 saturated carbocycles. The summed E-state index contributed by atoms with van der Waals surface area (Å²) >= 11 is 0. The summed E-state index contributed by atoms with van der Waals surface area (Å²) in [6.45, 7) is 1.36. The standard InChI is InChI=1S/C26H19F3N4O6/c1-15(25(35)38-2)39-22-11-10-16(12-21(22)33(36)37)14-30-32-23(17-6-5-7-18(13-17)26(27,28)29)31-20-9-4-3-8-19(20)24(32)34/h3-15H,1-2H3/t15-/m1/s1. The molecule has 0 aliphatic heterocycles. The average Bonchev–Trinajstić information content (AvgIpc) is 2.92. The van der Waals surface area contributed by atoms with Gasteiger partial charge in [0.25, 0.3) is 5.56 Å². The molecule has 4 rings (SSSR count). The number of rotatable bonds is 7. The maximum Gasteiger partial charge on any atom is 0.416 e. The SMILES string of the molecule is COC(=O)[C@@H](C)Oc1ccc(C=Nn2c(-c3cccc(C(F)(F)F)c3)nc3ccccc3c2=O)cc1[N+](=O)[O-]. The number of nitro groups is 1. The summed E-state index contributed by atoms with van der Waals surface area (Å²) in [5.41, 5.74) is -1.70. The molecule has 200 valence electrons. The first-order chi connectivity index (χ1) is 18.5. The van der Waals surface area contributed by atoms with Crippen molar-refractivity contribution in [3.8, 4) is 17.1 Å². The third-order valence-electron chi connectivity index (χ3n) is 5.54. The monoisotopic (exact) mass is 540 g/mol. The van der Waals surface area contributed by atoms with Crippen LogP contribution in [-0.4, -0.2) is 40.0 Å². The molecule has 10 nitrogen and oxygen atoms in total. The van der Waals surface area contributed by atoms with E-state index < -0.39 is 40.0 Å². The van der Waals surface area contributed by atoms with Gasteiger partial charge in [0.05, 0.1) is 34.7 Å². The number of para-hydroxylation sites is 1. The van der Waals surface area contributed by atoms with Gasteiger partial charge in [-0.2, -0.15) is 22.9 Å². The van der Waals surface area contributed by atoms with Crippen molar-refractivity contribution in [1.29, 1.82) is 0 Å². The topological polar surface area (TPSA) is 126 Å². The Balaban J connectivity index is 1.82. The second kappa shape index (κ2) is 10.7. The second-order valence-electron chi connectivity index (χ2n) is 8.16. The van der Waals surface area contributed by atoms with Crippen molar-refractivity contribution >= 4 is 28.8 Å². The van der Waals surface area contributed by atoms with Crippen molar-refractivity contribution in [2.45, 2.75) is 19.2 Å². The number of aromatic nitrogens is 2. The zero-order valence-electron chi connectivity index (χ0n) is 20.4. The van der Waals surface area contributed by atoms with Crippen molar-refractivity contribution < 1.29 is 32.4 Å². The van der Waals surface area contributed by atoms with E-state index in [9.17, 15) is 32.9 Å². The van der Waals surface area contributed by atoms with Crippen LogP contribution in [-0.2, 0) is 15.7 Å². The Labute approximate surface area is 218 Å². The summed E-state index contributed by atoms with van der Waals surface area (Å²) < 4.78 is 50.8. The number of hydrogen-bond donors (Lipinski definition) is 0. The van der Waals surface area contributed by atoms with E-state index in [2.05, 4.69) is 14.8 Å². The first kappa shape index (κ1) is 27.0. The highest BCUT2D eigenvalue weighted by atomic mass is 19.4. The third kappa shape index (κ3) is 5.76. The zero-order valence-corrected chi connectivity index (χ0v) is 20.4. The highest BCUT2D eigenvalue weighted by Gasteiger charge is 2.31. The number of ether oxygens (including phenoxy) is 2. The predicted molar refractivity (Wildman–Crippen MR) is 135 cm³/mol. The number of halogens is 3. The maximum absolute atomic E-state index is 13.4. The molecule has 0 unspecified atom stereocenters. The lowest BCUT2D eigenvalue weighted by molar-refractivity contribution is -0.386. The first-order valence-corrected chi connectivity index (χ1v) is 11.3. The summed E-state index contributed by atoms with van der Waals surface area (Å²) in [6, 6.07) is 14.3. The molecule has 1 aromatic heterocycles. The zero-order chi connectivity index (χ0) is 28.3. The number of carbonyl (C=O) groups excluding carboxylic acids is 1. The molecule has 0 aliphatic rings. The lowest BCUT2D eigenvalue weighted by Gasteiger charge is -2.13. The first-order valence-electron chi connectivity index (χ1n) is 11.3. The van der Waals surface area contributed by atoms with Crippen LogP contribution in [0.5, 0.6) is 5.75 Å². The molecule has 13 heteroatoms. The molecule has 0 spiro atoms. The normalized spacial score (nSPS) is 12.4. The van der Waals surface area contributed by atoms with Crippen LogP contribution in [0, 0.1) is 10.1 Å². The van der Waals surface area contributed by atoms with Crippen LogP contribution in [0.4, 0.5) is 18.9 Å². The molecule has 0 bridgehead atoms. The molecule has 4 aromatic rings. The van der Waals surface area contributed by atoms with Gasteiger partial charge < -0.3 is 9.47 Å². The van der Waals surface area contributed by atoms with E-state index >= 15 is 0 Å². The van der Waals surface area contributed by atoms with Gasteiger partial charge in [0.15, 0.2) is 17.7 Å². The Morgan fingerprint density at radius 1 is 1.13 bits per heavy atom. The largest absolute Gasteiger partial charge is 0.472 e. The Hall–Kier alpha value is -5.07. The number of nitrogens with zero attached hydrogens (tertiary/aromatic N) is 4. The fourth-order valence-corrected chi connectivity index (χ4v) is 3.64. The smallest absolute Gasteiger partial charge is 0.416 e. The highest BCUT2D eigenvalue weighted by molar-refractivity contribution is 5.83. The number of methoxy groups -OCH3 is 1. The average molecular weight is 540 g/mol. The molecular weight excluding hydrogens is 521 g/mol. The summed E-state index contributed by atoms with van der Waals surface area (Å²) in [7, 11) is 1.15. The molecule has 0 aliphatic carbocycles. The van der Waals surface area contributed by atoms with Gasteiger partial charge in [0.2, 0.25) is 0 Å². The molecular formula is C26H19F3N4O6. The minimum atomic E-state index is -4.63. The molecule has 1 heterocycles. The van der Waals surface area contributed by atoms with Crippen LogP contribution in [0.3, 0.4) is 0 Å². The van der Waals surface area contributed by atoms with E-state index in [-0.39, 0.29) is 33.6 Å². The molecule has 0 saturated heterocycles. The molecule has 0 amide bonds. The quantitative estimate of drug-likeness (QED) is 0.142. The predicted octanol–water partition coefficient (Wildman–Crippen LogP) is 4.81. The van der Waals surface area contributed by atoms with E-state index in [1.807, 2.05) is 0 Å². The van der Waals surface area contributed by atoms with Gasteiger partial charge in [-0.3, -0.25) is 14.9 Å². The summed E-state index contributed by atoms with van der Waals surface area (Å²) in [5.74, 6) is -1.10. The number of benzene rings is 3. The Morgan fingerprint density at radius 3 is 2.56 bits per heavy atom. The molecule has 3 aromatic carbocycles. The van der Waals surface area contributed by atoms with Crippen molar-refractivity contribution in [3.05, 3.63) is 98.3 Å². The van der Waals surface area contributed by atoms with Crippen LogP contribution in [0.1, 0.15) is 18.1 Å². The van der Waals surface area contributed by atoms with Gasteiger partial charge in [0.1, 0.15) is 0 Å². The van der Waals surface area contributed by atoms with Gasteiger partial charge >= 0.3 is 17.8 Å². The number of alkyl halides is 3. The Bertz CT molecular complexity index is 1670. The van der Waals surface area contributed by atoms with E-state index in [1.165, 1.54) is 37.3 Å². The summed E-state index contributed by atoms with van der Waals surface area (Å²) in [5, 5.41) is 15.9. The number of hydrogen-bond acceptors (Lipinski definition) is 8. The van der Waals surface area contributed by atoms with E-state index in [0.717, 1.165) is 36.2 Å². The third-order valence-corrected chi connectivity index (χ3v) is 5.54. The number of nitro benzene ring substituents is 1. The van der Waals surface area contributed by atoms with Gasteiger partial charge in [-0.05, 0) is 43.3 Å². The van der Waals surface area contributed by atoms with Gasteiger partial charge in [0, 0.05) is 17.2 Å². The van der Waals surface area contributed by atoms with Gasteiger partial charge in [-0.1, -0.05) is 24.3 Å². The molecule has 1 atom stereocenters. The van der Waals surface area contributed by atoms with Crippen LogP contribution in [0.25, 0.3) is 22.3 Å². The highest BCUT2D eigenvalue weighted by Crippen LogP contribution is 2.32. The van der Waals surface area contributed by atoms with Crippen molar-refractivity contribution in [3.63, 3.8) is 0 Å². The minimum absolute atomic E-state index is 0.0173. The van der Waals surface area contributed by atoms with Crippen molar-refractivity contribution in [2.24, 2.45) is 5.10 Å². The fraction of sp³-hybridized carbons (Fsp3) is 0.154. The number of carbonyl (C=O) groups is 1. The maximum atomic E-state index is 13.4. The fourth-order valence-electron chi connectivity index (χ4n) is 3.64. The number of fused-ring (bicyclic) bond motifs is 1. The van der Waals surface area contributed by atoms with Crippen LogP contribution >= 0.6 is 0 Å². The lowest BCUT2D eigenvalue weighted by atomic mass is 10.1. The van der Waals surface area contributed by atoms with Gasteiger partial charge in [-0.25, -0.2) is 9.78 Å².